The number of pyridine rings is 1. The van der Waals surface area contributed by atoms with Gasteiger partial charge in [0.1, 0.15) is 0 Å². The lowest BCUT2D eigenvalue weighted by molar-refractivity contribution is 0.244. The number of aryl methyl sites for hydroxylation is 1. The smallest absolute Gasteiger partial charge is 0.194 e. The van der Waals surface area contributed by atoms with Gasteiger partial charge in [0, 0.05) is 46.3 Å². The van der Waals surface area contributed by atoms with Crippen LogP contribution in [0.15, 0.2) is 51.7 Å². The standard InChI is InChI=1S/C20H19BrN2O/c1-13-18(20(24)17-10-16(21)6-7-19(17)22-13)12-23-9-8-14-4-2-3-5-15(14)11-23/h2-7,10H,8-9,11-12H2,1H3,(H,22,24). The second-order valence-corrected chi connectivity index (χ2v) is 7.39. The normalized spacial score (nSPS) is 14.8. The summed E-state index contributed by atoms with van der Waals surface area (Å²) in [6, 6.07) is 14.4. The van der Waals surface area contributed by atoms with Crippen LogP contribution in [-0.2, 0) is 19.5 Å². The van der Waals surface area contributed by atoms with Gasteiger partial charge in [-0.05, 0) is 42.7 Å². The van der Waals surface area contributed by atoms with Crippen LogP contribution in [0.5, 0.6) is 0 Å². The molecular formula is C20H19BrN2O. The second-order valence-electron chi connectivity index (χ2n) is 6.48. The van der Waals surface area contributed by atoms with Gasteiger partial charge < -0.3 is 4.98 Å². The Balaban J connectivity index is 1.69. The Morgan fingerprint density at radius 1 is 1.17 bits per heavy atom. The number of nitrogens with zero attached hydrogens (tertiary/aromatic N) is 1. The number of hydrogen-bond donors (Lipinski definition) is 1. The molecule has 122 valence electrons. The first-order valence-electron chi connectivity index (χ1n) is 8.22. The van der Waals surface area contributed by atoms with Crippen molar-refractivity contribution in [2.75, 3.05) is 6.54 Å². The van der Waals surface area contributed by atoms with Crippen LogP contribution in [0.1, 0.15) is 22.4 Å². The van der Waals surface area contributed by atoms with Crippen molar-refractivity contribution >= 4 is 26.8 Å². The third kappa shape index (κ3) is 2.80. The summed E-state index contributed by atoms with van der Waals surface area (Å²) in [5.41, 5.74) is 5.69. The van der Waals surface area contributed by atoms with Gasteiger partial charge in [-0.3, -0.25) is 9.69 Å². The number of hydrogen-bond acceptors (Lipinski definition) is 2. The number of halogens is 1. The Hall–Kier alpha value is -1.91. The average Bonchev–Trinajstić information content (AvgIpc) is 2.59. The molecule has 4 rings (SSSR count). The summed E-state index contributed by atoms with van der Waals surface area (Å²) in [5, 5.41) is 0.752. The lowest BCUT2D eigenvalue weighted by Gasteiger charge is -2.29. The zero-order chi connectivity index (χ0) is 16.7. The third-order valence-corrected chi connectivity index (χ3v) is 5.36. The van der Waals surface area contributed by atoms with Crippen LogP contribution in [0.3, 0.4) is 0 Å². The van der Waals surface area contributed by atoms with E-state index in [2.05, 4.69) is 50.1 Å². The van der Waals surface area contributed by atoms with Crippen molar-refractivity contribution in [3.63, 3.8) is 0 Å². The quantitative estimate of drug-likeness (QED) is 0.722. The maximum absolute atomic E-state index is 13.0. The fourth-order valence-corrected chi connectivity index (χ4v) is 3.89. The van der Waals surface area contributed by atoms with Crippen molar-refractivity contribution in [3.05, 3.63) is 79.5 Å². The number of aromatic amines is 1. The Kier molecular flexibility index (Phi) is 4.02. The molecule has 3 aromatic rings. The monoisotopic (exact) mass is 382 g/mol. The number of benzene rings is 2. The van der Waals surface area contributed by atoms with Crippen molar-refractivity contribution < 1.29 is 0 Å². The molecule has 0 amide bonds. The summed E-state index contributed by atoms with van der Waals surface area (Å²) in [5.74, 6) is 0. The summed E-state index contributed by atoms with van der Waals surface area (Å²) in [7, 11) is 0. The highest BCUT2D eigenvalue weighted by atomic mass is 79.9. The zero-order valence-electron chi connectivity index (χ0n) is 13.6. The van der Waals surface area contributed by atoms with E-state index >= 15 is 0 Å². The highest BCUT2D eigenvalue weighted by molar-refractivity contribution is 9.10. The zero-order valence-corrected chi connectivity index (χ0v) is 15.2. The predicted octanol–water partition coefficient (Wildman–Crippen LogP) is 4.16. The largest absolute Gasteiger partial charge is 0.358 e. The van der Waals surface area contributed by atoms with Gasteiger partial charge in [-0.2, -0.15) is 0 Å². The molecule has 0 saturated carbocycles. The van der Waals surface area contributed by atoms with E-state index < -0.39 is 0 Å². The molecule has 0 bridgehead atoms. The Labute approximate surface area is 149 Å². The summed E-state index contributed by atoms with van der Waals surface area (Å²) >= 11 is 3.46. The van der Waals surface area contributed by atoms with E-state index in [1.165, 1.54) is 11.1 Å². The van der Waals surface area contributed by atoms with E-state index in [9.17, 15) is 4.79 Å². The van der Waals surface area contributed by atoms with Crippen molar-refractivity contribution in [1.29, 1.82) is 0 Å². The highest BCUT2D eigenvalue weighted by Gasteiger charge is 2.18. The maximum atomic E-state index is 13.0. The molecule has 1 N–H and O–H groups in total. The first kappa shape index (κ1) is 15.6. The third-order valence-electron chi connectivity index (χ3n) is 4.87. The topological polar surface area (TPSA) is 36.1 Å². The van der Waals surface area contributed by atoms with Gasteiger partial charge in [0.2, 0.25) is 0 Å². The van der Waals surface area contributed by atoms with Crippen LogP contribution in [0.25, 0.3) is 10.9 Å². The predicted molar refractivity (Wildman–Crippen MR) is 101 cm³/mol. The second kappa shape index (κ2) is 6.19. The molecule has 1 aliphatic rings. The first-order valence-corrected chi connectivity index (χ1v) is 9.01. The molecule has 1 aliphatic heterocycles. The molecule has 0 saturated heterocycles. The average molecular weight is 383 g/mol. The maximum Gasteiger partial charge on any atom is 0.194 e. The summed E-state index contributed by atoms with van der Waals surface area (Å²) in [6.45, 7) is 4.59. The van der Waals surface area contributed by atoms with E-state index in [1.807, 2.05) is 25.1 Å². The van der Waals surface area contributed by atoms with Gasteiger partial charge in [-0.15, -0.1) is 0 Å². The van der Waals surface area contributed by atoms with Gasteiger partial charge in [0.05, 0.1) is 0 Å². The van der Waals surface area contributed by atoms with Crippen LogP contribution in [-0.4, -0.2) is 16.4 Å². The van der Waals surface area contributed by atoms with Crippen LogP contribution in [0.2, 0.25) is 0 Å². The molecule has 0 spiro atoms. The van der Waals surface area contributed by atoms with Crippen molar-refractivity contribution in [1.82, 2.24) is 9.88 Å². The number of nitrogens with one attached hydrogen (secondary N) is 1. The molecule has 0 fully saturated rings. The molecular weight excluding hydrogens is 364 g/mol. The van der Waals surface area contributed by atoms with E-state index in [0.29, 0.717) is 6.54 Å². The minimum Gasteiger partial charge on any atom is -0.358 e. The molecule has 24 heavy (non-hydrogen) atoms. The molecule has 4 heteroatoms. The van der Waals surface area contributed by atoms with Crippen molar-refractivity contribution in [2.24, 2.45) is 0 Å². The van der Waals surface area contributed by atoms with Gasteiger partial charge in [0.15, 0.2) is 5.43 Å². The van der Waals surface area contributed by atoms with Crippen LogP contribution in [0.4, 0.5) is 0 Å². The summed E-state index contributed by atoms with van der Waals surface area (Å²) in [6.07, 6.45) is 1.05. The van der Waals surface area contributed by atoms with E-state index in [0.717, 1.165) is 46.1 Å². The van der Waals surface area contributed by atoms with E-state index in [4.69, 9.17) is 0 Å². The molecule has 0 radical (unpaired) electrons. The first-order chi connectivity index (χ1) is 11.6. The number of H-pyrrole nitrogens is 1. The number of rotatable bonds is 2. The van der Waals surface area contributed by atoms with Crippen LogP contribution < -0.4 is 5.43 Å². The highest BCUT2D eigenvalue weighted by Crippen LogP contribution is 2.22. The van der Waals surface area contributed by atoms with Crippen LogP contribution in [0, 0.1) is 6.92 Å². The summed E-state index contributed by atoms with van der Waals surface area (Å²) < 4.78 is 0.933. The van der Waals surface area contributed by atoms with Crippen molar-refractivity contribution in [2.45, 2.75) is 26.4 Å². The molecule has 2 aromatic carbocycles. The van der Waals surface area contributed by atoms with Gasteiger partial charge in [0.25, 0.3) is 0 Å². The molecule has 0 atom stereocenters. The van der Waals surface area contributed by atoms with E-state index in [-0.39, 0.29) is 5.43 Å². The Morgan fingerprint density at radius 3 is 2.79 bits per heavy atom. The number of aromatic nitrogens is 1. The van der Waals surface area contributed by atoms with Gasteiger partial charge in [-0.25, -0.2) is 0 Å². The van der Waals surface area contributed by atoms with Crippen molar-refractivity contribution in [3.8, 4) is 0 Å². The Bertz CT molecular complexity index is 977. The lowest BCUT2D eigenvalue weighted by atomic mass is 9.99. The summed E-state index contributed by atoms with van der Waals surface area (Å²) in [4.78, 5) is 18.7. The number of fused-ring (bicyclic) bond motifs is 2. The minimum absolute atomic E-state index is 0.140. The SMILES string of the molecule is Cc1[nH]c2ccc(Br)cc2c(=O)c1CN1CCc2ccccc2C1. The van der Waals surface area contributed by atoms with Gasteiger partial charge in [-0.1, -0.05) is 40.2 Å². The van der Waals surface area contributed by atoms with Crippen LogP contribution >= 0.6 is 15.9 Å². The minimum atomic E-state index is 0.140. The van der Waals surface area contributed by atoms with E-state index in [1.54, 1.807) is 0 Å². The fraction of sp³-hybridized carbons (Fsp3) is 0.250. The van der Waals surface area contributed by atoms with Gasteiger partial charge >= 0.3 is 0 Å². The molecule has 2 heterocycles. The Morgan fingerprint density at radius 2 is 1.96 bits per heavy atom. The molecule has 0 unspecified atom stereocenters. The lowest BCUT2D eigenvalue weighted by Crippen LogP contribution is -2.32. The molecule has 3 nitrogen and oxygen atoms in total. The molecule has 1 aromatic heterocycles. The molecule has 0 aliphatic carbocycles. The fourth-order valence-electron chi connectivity index (χ4n) is 3.53.